The minimum atomic E-state index is 1.17. The summed E-state index contributed by atoms with van der Waals surface area (Å²) in [7, 11) is 2.05. The normalized spacial score (nSPS) is 14.9. The molecule has 2 heteroatoms. The Hall–Kier alpha value is -1.04. The van der Waals surface area contributed by atoms with E-state index >= 15 is 0 Å². The van der Waals surface area contributed by atoms with Crippen molar-refractivity contribution in [2.24, 2.45) is 0 Å². The van der Waals surface area contributed by atoms with Gasteiger partial charge in [-0.1, -0.05) is 0 Å². The minimum absolute atomic E-state index is 1.17. The average molecular weight is 139 g/mol. The first-order valence-corrected chi connectivity index (χ1v) is 3.55. The van der Waals surface area contributed by atoms with Gasteiger partial charge < -0.3 is 0 Å². The zero-order chi connectivity index (χ0) is 8.10. The van der Waals surface area contributed by atoms with E-state index in [1.807, 2.05) is 31.0 Å². The van der Waals surface area contributed by atoms with Gasteiger partial charge in [-0.3, -0.25) is 0 Å². The molecule has 0 atom stereocenters. The van der Waals surface area contributed by atoms with Gasteiger partial charge in [0.1, 0.15) is 0 Å². The van der Waals surface area contributed by atoms with Gasteiger partial charge in [0.15, 0.2) is 0 Å². The van der Waals surface area contributed by atoms with E-state index in [-0.39, 0.29) is 0 Å². The maximum atomic E-state index is 3.71. The second kappa shape index (κ2) is 3.97. The average Bonchev–Trinajstić information content (AvgIpc) is 2.47. The third kappa shape index (κ3) is 1.94. The van der Waals surface area contributed by atoms with Crippen molar-refractivity contribution in [2.75, 3.05) is 0 Å². The summed E-state index contributed by atoms with van der Waals surface area (Å²) in [5.41, 5.74) is 2.36. The van der Waals surface area contributed by atoms with E-state index in [4.69, 9.17) is 0 Å². The molecule has 0 saturated heterocycles. The fourth-order valence-electron chi connectivity index (χ4n) is 0.957. The molecule has 0 saturated carbocycles. The van der Waals surface area contributed by atoms with Crippen LogP contribution >= 0.6 is 0 Å². The maximum absolute atomic E-state index is 3.71. The van der Waals surface area contributed by atoms with Gasteiger partial charge in [-0.25, -0.2) is 0 Å². The van der Waals surface area contributed by atoms with E-state index in [1.54, 1.807) is 6.08 Å². The van der Waals surface area contributed by atoms with Crippen molar-refractivity contribution in [3.8, 4) is 0 Å². The Morgan fingerprint density at radius 3 is 2.82 bits per heavy atom. The number of hydrogen-bond donors (Lipinski definition) is 0. The summed E-state index contributed by atoms with van der Waals surface area (Å²) in [6, 6.07) is 0. The molecule has 1 radical (unpaired) electrons. The summed E-state index contributed by atoms with van der Waals surface area (Å²) in [6.45, 7) is 9.33. The molecule has 0 unspecified atom stereocenters. The van der Waals surface area contributed by atoms with Gasteiger partial charge in [0, 0.05) is 0 Å². The van der Waals surface area contributed by atoms with Crippen molar-refractivity contribution < 1.29 is 0 Å². The zero-order valence-electron chi connectivity index (χ0n) is 6.46. The van der Waals surface area contributed by atoms with Crippen molar-refractivity contribution >= 4 is 19.9 Å². The van der Waals surface area contributed by atoms with Crippen LogP contribution in [0.2, 0.25) is 0 Å². The summed E-state index contributed by atoms with van der Waals surface area (Å²) in [5, 5.41) is 0. The van der Waals surface area contributed by atoms with Gasteiger partial charge in [0.25, 0.3) is 0 Å². The molecule has 0 nitrogen and oxygen atoms in total. The third-order valence-electron chi connectivity index (χ3n) is 1.52. The summed E-state index contributed by atoms with van der Waals surface area (Å²) in [6.07, 6.45) is 7.55. The topological polar surface area (TPSA) is 0 Å². The van der Waals surface area contributed by atoms with Gasteiger partial charge >= 0.3 is 68.5 Å². The summed E-state index contributed by atoms with van der Waals surface area (Å²) in [5.74, 6) is 2.04. The third-order valence-corrected chi connectivity index (χ3v) is 1.52. The number of allylic oxidation sites excluding steroid dienone is 6. The van der Waals surface area contributed by atoms with Crippen LogP contribution in [-0.2, 0) is 0 Å². The van der Waals surface area contributed by atoms with Gasteiger partial charge in [0.05, 0.1) is 0 Å². The van der Waals surface area contributed by atoms with Crippen LogP contribution in [0.1, 0.15) is 0 Å². The van der Waals surface area contributed by atoms with Crippen molar-refractivity contribution in [3.05, 3.63) is 48.5 Å². The second-order valence-electron chi connectivity index (χ2n) is 2.24. The fraction of sp³-hybridized carbons (Fsp3) is 0. The Morgan fingerprint density at radius 2 is 2.18 bits per heavy atom. The molecule has 0 amide bonds. The summed E-state index contributed by atoms with van der Waals surface area (Å²) >= 11 is 0. The molecule has 0 aliphatic carbocycles. The number of hydrogen-bond acceptors (Lipinski definition) is 0. The molecule has 0 aromatic carbocycles. The Bertz CT molecular complexity index is 257. The summed E-state index contributed by atoms with van der Waals surface area (Å²) in [4.78, 5) is 0. The molecule has 0 aromatic rings. The van der Waals surface area contributed by atoms with Crippen LogP contribution in [0.5, 0.6) is 0 Å². The fourth-order valence-corrected chi connectivity index (χ4v) is 0.957. The molecule has 51 valence electrons. The second-order valence-corrected chi connectivity index (χ2v) is 2.24. The SMILES string of the molecule is C=C/C=C\C1=C(C=C)C=B[B]1. The van der Waals surface area contributed by atoms with E-state index in [9.17, 15) is 0 Å². The van der Waals surface area contributed by atoms with Crippen molar-refractivity contribution in [1.29, 1.82) is 0 Å². The Morgan fingerprint density at radius 1 is 1.36 bits per heavy atom. The van der Waals surface area contributed by atoms with Crippen LogP contribution in [0.15, 0.2) is 48.5 Å². The molecule has 1 aliphatic heterocycles. The van der Waals surface area contributed by atoms with E-state index < -0.39 is 0 Å². The predicted octanol–water partition coefficient (Wildman–Crippen LogP) is 1.31. The van der Waals surface area contributed by atoms with Crippen molar-refractivity contribution in [3.63, 3.8) is 0 Å². The Labute approximate surface area is 69.1 Å². The molecule has 0 bridgehead atoms. The van der Waals surface area contributed by atoms with Crippen molar-refractivity contribution in [2.45, 2.75) is 0 Å². The van der Waals surface area contributed by atoms with E-state index in [0.29, 0.717) is 0 Å². The first kappa shape index (κ1) is 8.06. The van der Waals surface area contributed by atoms with E-state index in [1.165, 1.54) is 11.0 Å². The van der Waals surface area contributed by atoms with Crippen molar-refractivity contribution in [1.82, 2.24) is 0 Å². The molecule has 0 aromatic heterocycles. The molecular weight excluding hydrogens is 130 g/mol. The van der Waals surface area contributed by atoms with Crippen LogP contribution < -0.4 is 0 Å². The summed E-state index contributed by atoms with van der Waals surface area (Å²) < 4.78 is 0. The van der Waals surface area contributed by atoms with Crippen LogP contribution in [0.4, 0.5) is 0 Å². The predicted molar refractivity (Wildman–Crippen MR) is 54.1 cm³/mol. The molecule has 1 aliphatic rings. The van der Waals surface area contributed by atoms with Gasteiger partial charge in [0.2, 0.25) is 0 Å². The van der Waals surface area contributed by atoms with Crippen LogP contribution in [0.25, 0.3) is 0 Å². The zero-order valence-corrected chi connectivity index (χ0v) is 6.46. The van der Waals surface area contributed by atoms with Crippen LogP contribution in [0.3, 0.4) is 0 Å². The number of rotatable bonds is 3. The standard InChI is InChI=1S/C9H9B2/c1-3-5-6-9-8(4-2)7-10-11-9/h3-7H,1-2H2/b6-5-. The molecular formula is C9H9B2. The molecule has 0 N–H and O–H groups in total. The molecule has 1 heterocycles. The molecule has 11 heavy (non-hydrogen) atoms. The first-order valence-electron chi connectivity index (χ1n) is 3.55. The Balaban J connectivity index is 2.79. The Kier molecular flexibility index (Phi) is 2.91. The van der Waals surface area contributed by atoms with Gasteiger partial charge in [-0.05, 0) is 0 Å². The molecule has 0 fully saturated rings. The van der Waals surface area contributed by atoms with Crippen LogP contribution in [0, 0.1) is 0 Å². The quantitative estimate of drug-likeness (QED) is 0.408. The monoisotopic (exact) mass is 139 g/mol. The molecule has 0 spiro atoms. The van der Waals surface area contributed by atoms with Crippen LogP contribution in [-0.4, -0.2) is 19.9 Å². The van der Waals surface area contributed by atoms with E-state index in [2.05, 4.69) is 20.3 Å². The van der Waals surface area contributed by atoms with Gasteiger partial charge in [-0.15, -0.1) is 0 Å². The van der Waals surface area contributed by atoms with Gasteiger partial charge in [-0.2, -0.15) is 0 Å². The van der Waals surface area contributed by atoms with E-state index in [0.717, 1.165) is 0 Å². The molecule has 1 rings (SSSR count). The first-order chi connectivity index (χ1) is 5.38.